The Kier molecular flexibility index (Phi) is 4.76. The molecule has 0 unspecified atom stereocenters. The van der Waals surface area contributed by atoms with Crippen LogP contribution in [0.3, 0.4) is 0 Å². The highest BCUT2D eigenvalue weighted by Gasteiger charge is 2.30. The highest BCUT2D eigenvalue weighted by atomic mass is 19.1. The number of rotatable bonds is 5. The van der Waals surface area contributed by atoms with Gasteiger partial charge in [0, 0.05) is 11.3 Å². The topological polar surface area (TPSA) is 64.4 Å². The molecule has 4 aromatic rings. The van der Waals surface area contributed by atoms with Crippen LogP contribution < -0.4 is 10.1 Å². The summed E-state index contributed by atoms with van der Waals surface area (Å²) in [6.45, 7) is 3.41. The quantitative estimate of drug-likeness (QED) is 0.493. The molecule has 5 nitrogen and oxygen atoms in total. The third-order valence-electron chi connectivity index (χ3n) is 4.40. The molecule has 0 fully saturated rings. The van der Waals surface area contributed by atoms with Gasteiger partial charge in [-0.25, -0.2) is 9.37 Å². The zero-order chi connectivity index (χ0) is 20.4. The molecule has 146 valence electrons. The first-order chi connectivity index (χ1) is 13.9. The van der Waals surface area contributed by atoms with Gasteiger partial charge in [-0.2, -0.15) is 0 Å². The molecule has 3 aromatic carbocycles. The fraction of sp³-hybridized carbons (Fsp3) is 0.130. The monoisotopic (exact) mass is 390 g/mol. The van der Waals surface area contributed by atoms with Crippen molar-refractivity contribution < 1.29 is 18.3 Å². The number of anilines is 1. The molecular formula is C23H19FN2O3. The Balaban J connectivity index is 1.53. The number of halogens is 1. The molecule has 0 spiro atoms. The third kappa shape index (κ3) is 4.11. The molecule has 6 heteroatoms. The van der Waals surface area contributed by atoms with E-state index in [1.807, 2.05) is 18.2 Å². The normalized spacial score (nSPS) is 11.4. The van der Waals surface area contributed by atoms with Crippen molar-refractivity contribution in [3.05, 3.63) is 78.6 Å². The van der Waals surface area contributed by atoms with Crippen molar-refractivity contribution in [3.8, 4) is 17.2 Å². The van der Waals surface area contributed by atoms with Gasteiger partial charge in [0.25, 0.3) is 5.91 Å². The minimum absolute atomic E-state index is 0.289. The number of ether oxygens (including phenoxy) is 1. The summed E-state index contributed by atoms with van der Waals surface area (Å²) < 4.78 is 24.7. The summed E-state index contributed by atoms with van der Waals surface area (Å²) in [6, 6.07) is 20.3. The Morgan fingerprint density at radius 1 is 1.03 bits per heavy atom. The van der Waals surface area contributed by atoms with Gasteiger partial charge in [0.1, 0.15) is 17.1 Å². The molecule has 0 saturated heterocycles. The maximum atomic E-state index is 13.1. The van der Waals surface area contributed by atoms with E-state index in [9.17, 15) is 9.18 Å². The van der Waals surface area contributed by atoms with Crippen LogP contribution in [0, 0.1) is 5.82 Å². The molecule has 0 atom stereocenters. The van der Waals surface area contributed by atoms with Gasteiger partial charge in [-0.05, 0) is 68.4 Å². The Bertz CT molecular complexity index is 1150. The SMILES string of the molecule is CC(C)(Oc1ccccc1)C(=O)Nc1ccc2oc(-c3ccc(F)cc3)nc2c1. The summed E-state index contributed by atoms with van der Waals surface area (Å²) in [5.41, 5.74) is 1.34. The second kappa shape index (κ2) is 7.39. The Labute approximate surface area is 167 Å². The first kappa shape index (κ1) is 18.7. The van der Waals surface area contributed by atoms with Gasteiger partial charge >= 0.3 is 0 Å². The van der Waals surface area contributed by atoms with Crippen molar-refractivity contribution in [2.75, 3.05) is 5.32 Å². The molecule has 0 saturated carbocycles. The molecule has 0 bridgehead atoms. The summed E-state index contributed by atoms with van der Waals surface area (Å²) >= 11 is 0. The number of aromatic nitrogens is 1. The average Bonchev–Trinajstić information content (AvgIpc) is 3.12. The number of amides is 1. The van der Waals surface area contributed by atoms with E-state index < -0.39 is 5.60 Å². The standard InChI is InChI=1S/C23H19FN2O3/c1-23(2,29-18-6-4-3-5-7-18)22(27)25-17-12-13-20-19(14-17)26-21(28-20)15-8-10-16(24)11-9-15/h3-14H,1-2H3,(H,25,27). The molecule has 0 aliphatic carbocycles. The summed E-state index contributed by atoms with van der Waals surface area (Å²) in [5, 5.41) is 2.86. The van der Waals surface area contributed by atoms with Crippen molar-refractivity contribution in [1.82, 2.24) is 4.98 Å². The lowest BCUT2D eigenvalue weighted by Gasteiger charge is -2.25. The number of para-hydroxylation sites is 1. The zero-order valence-electron chi connectivity index (χ0n) is 16.0. The van der Waals surface area contributed by atoms with Gasteiger partial charge in [0.05, 0.1) is 0 Å². The highest BCUT2D eigenvalue weighted by molar-refractivity contribution is 5.98. The fourth-order valence-electron chi connectivity index (χ4n) is 2.83. The zero-order valence-corrected chi connectivity index (χ0v) is 16.0. The first-order valence-corrected chi connectivity index (χ1v) is 9.13. The van der Waals surface area contributed by atoms with Crippen LogP contribution in [0.5, 0.6) is 5.75 Å². The molecule has 1 N–H and O–H groups in total. The van der Waals surface area contributed by atoms with Gasteiger partial charge in [-0.15, -0.1) is 0 Å². The number of benzene rings is 3. The second-order valence-corrected chi connectivity index (χ2v) is 7.09. The lowest BCUT2D eigenvalue weighted by atomic mass is 10.1. The maximum Gasteiger partial charge on any atom is 0.267 e. The predicted octanol–water partition coefficient (Wildman–Crippen LogP) is 5.43. The Hall–Kier alpha value is -3.67. The number of hydrogen-bond acceptors (Lipinski definition) is 4. The van der Waals surface area contributed by atoms with Gasteiger partial charge in [0.15, 0.2) is 11.2 Å². The van der Waals surface area contributed by atoms with Crippen molar-refractivity contribution in [1.29, 1.82) is 0 Å². The van der Waals surface area contributed by atoms with E-state index in [2.05, 4.69) is 10.3 Å². The summed E-state index contributed by atoms with van der Waals surface area (Å²) in [7, 11) is 0. The van der Waals surface area contributed by atoms with Crippen LogP contribution in [0.4, 0.5) is 10.1 Å². The molecule has 0 radical (unpaired) electrons. The first-order valence-electron chi connectivity index (χ1n) is 9.13. The number of oxazole rings is 1. The van der Waals surface area contributed by atoms with Gasteiger partial charge in [-0.1, -0.05) is 18.2 Å². The number of nitrogens with one attached hydrogen (secondary N) is 1. The minimum atomic E-state index is -1.07. The molecule has 0 aliphatic rings. The summed E-state index contributed by atoms with van der Waals surface area (Å²) in [4.78, 5) is 17.2. The number of nitrogens with zero attached hydrogens (tertiary/aromatic N) is 1. The number of hydrogen-bond donors (Lipinski definition) is 1. The maximum absolute atomic E-state index is 13.1. The molecule has 1 amide bonds. The average molecular weight is 390 g/mol. The lowest BCUT2D eigenvalue weighted by molar-refractivity contribution is -0.128. The van der Waals surface area contributed by atoms with Crippen LogP contribution in [0.2, 0.25) is 0 Å². The van der Waals surface area contributed by atoms with Crippen molar-refractivity contribution in [2.45, 2.75) is 19.4 Å². The van der Waals surface area contributed by atoms with E-state index in [0.717, 1.165) is 0 Å². The largest absolute Gasteiger partial charge is 0.478 e. The highest BCUT2D eigenvalue weighted by Crippen LogP contribution is 2.27. The van der Waals surface area contributed by atoms with E-state index in [-0.39, 0.29) is 11.7 Å². The molecular weight excluding hydrogens is 371 g/mol. The van der Waals surface area contributed by atoms with Crippen LogP contribution in [0.1, 0.15) is 13.8 Å². The minimum Gasteiger partial charge on any atom is -0.478 e. The van der Waals surface area contributed by atoms with Crippen LogP contribution in [-0.2, 0) is 4.79 Å². The van der Waals surface area contributed by atoms with Crippen molar-refractivity contribution in [2.24, 2.45) is 0 Å². The van der Waals surface area contributed by atoms with E-state index >= 15 is 0 Å². The summed E-state index contributed by atoms with van der Waals surface area (Å²) in [5.74, 6) is 0.387. The molecule has 1 aromatic heterocycles. The fourth-order valence-corrected chi connectivity index (χ4v) is 2.83. The lowest BCUT2D eigenvalue weighted by Crippen LogP contribution is -2.42. The number of carbonyl (C=O) groups is 1. The smallest absolute Gasteiger partial charge is 0.267 e. The van der Waals surface area contributed by atoms with E-state index in [0.29, 0.717) is 34.0 Å². The van der Waals surface area contributed by atoms with E-state index in [1.54, 1.807) is 56.3 Å². The third-order valence-corrected chi connectivity index (χ3v) is 4.40. The molecule has 1 heterocycles. The molecule has 29 heavy (non-hydrogen) atoms. The second-order valence-electron chi connectivity index (χ2n) is 7.09. The van der Waals surface area contributed by atoms with Crippen LogP contribution in [-0.4, -0.2) is 16.5 Å². The van der Waals surface area contributed by atoms with Crippen molar-refractivity contribution in [3.63, 3.8) is 0 Å². The number of carbonyl (C=O) groups excluding carboxylic acids is 1. The van der Waals surface area contributed by atoms with Crippen LogP contribution in [0.25, 0.3) is 22.6 Å². The van der Waals surface area contributed by atoms with E-state index in [1.165, 1.54) is 12.1 Å². The van der Waals surface area contributed by atoms with E-state index in [4.69, 9.17) is 9.15 Å². The van der Waals surface area contributed by atoms with Gasteiger partial charge in [-0.3, -0.25) is 4.79 Å². The molecule has 0 aliphatic heterocycles. The van der Waals surface area contributed by atoms with Crippen LogP contribution >= 0.6 is 0 Å². The molecule has 4 rings (SSSR count). The van der Waals surface area contributed by atoms with Gasteiger partial charge in [0.2, 0.25) is 5.89 Å². The summed E-state index contributed by atoms with van der Waals surface area (Å²) in [6.07, 6.45) is 0. The Morgan fingerprint density at radius 3 is 2.48 bits per heavy atom. The number of fused-ring (bicyclic) bond motifs is 1. The predicted molar refractivity (Wildman–Crippen MR) is 109 cm³/mol. The van der Waals surface area contributed by atoms with Crippen molar-refractivity contribution >= 4 is 22.7 Å². The van der Waals surface area contributed by atoms with Gasteiger partial charge < -0.3 is 14.5 Å². The Morgan fingerprint density at radius 2 is 1.76 bits per heavy atom. The van der Waals surface area contributed by atoms with Crippen LogP contribution in [0.15, 0.2) is 77.2 Å².